The van der Waals surface area contributed by atoms with Gasteiger partial charge in [0.25, 0.3) is 0 Å². The van der Waals surface area contributed by atoms with Crippen LogP contribution in [0.5, 0.6) is 0 Å². The lowest BCUT2D eigenvalue weighted by Gasteiger charge is -2.06. The van der Waals surface area contributed by atoms with E-state index in [2.05, 4.69) is 46.5 Å². The van der Waals surface area contributed by atoms with Gasteiger partial charge in [-0.3, -0.25) is 0 Å². The quantitative estimate of drug-likeness (QED) is 0.779. The highest BCUT2D eigenvalue weighted by atomic mass is 32.1. The predicted molar refractivity (Wildman–Crippen MR) is 82.4 cm³/mol. The Kier molecular flexibility index (Phi) is 3.78. The van der Waals surface area contributed by atoms with Crippen LogP contribution in [0.1, 0.15) is 16.8 Å². The number of rotatable bonds is 5. The number of benzene rings is 1. The van der Waals surface area contributed by atoms with Gasteiger partial charge in [0, 0.05) is 34.8 Å². The van der Waals surface area contributed by atoms with Crippen LogP contribution >= 0.6 is 11.3 Å². The number of anilines is 1. The molecule has 0 radical (unpaired) electrons. The molecule has 2 heterocycles. The average Bonchev–Trinajstić information content (AvgIpc) is 3.17. The molecule has 102 valence electrons. The number of thiazole rings is 1. The van der Waals surface area contributed by atoms with Crippen LogP contribution in [0.2, 0.25) is 0 Å². The molecule has 0 atom stereocenters. The molecule has 0 fully saturated rings. The molecule has 1 N–H and O–H groups in total. The maximum atomic E-state index is 4.36. The fourth-order valence-corrected chi connectivity index (χ4v) is 2.75. The molecule has 0 bridgehead atoms. The topological polar surface area (TPSA) is 42.7 Å². The average molecular weight is 284 g/mol. The van der Waals surface area contributed by atoms with Crippen molar-refractivity contribution in [2.75, 3.05) is 5.32 Å². The Morgan fingerprint density at radius 3 is 2.75 bits per heavy atom. The molecule has 3 aromatic rings. The summed E-state index contributed by atoms with van der Waals surface area (Å²) in [5.74, 6) is 0. The molecular formula is C15H16N4S. The van der Waals surface area contributed by atoms with Crippen molar-refractivity contribution in [3.8, 4) is 5.69 Å². The van der Waals surface area contributed by atoms with E-state index < -0.39 is 0 Å². The molecule has 0 amide bonds. The van der Waals surface area contributed by atoms with Crippen LogP contribution in [-0.4, -0.2) is 14.5 Å². The van der Waals surface area contributed by atoms with Crippen LogP contribution < -0.4 is 5.32 Å². The van der Waals surface area contributed by atoms with Crippen molar-refractivity contribution in [2.45, 2.75) is 19.9 Å². The summed E-state index contributed by atoms with van der Waals surface area (Å²) in [7, 11) is 0. The molecule has 1 aromatic carbocycles. The minimum Gasteiger partial charge on any atom is -0.380 e. The second kappa shape index (κ2) is 5.88. The van der Waals surface area contributed by atoms with E-state index in [1.54, 1.807) is 23.9 Å². The molecule has 0 aliphatic carbocycles. The summed E-state index contributed by atoms with van der Waals surface area (Å²) in [5, 5.41) is 4.61. The molecule has 0 unspecified atom stereocenters. The third-order valence-corrected chi connectivity index (χ3v) is 4.18. The molecule has 0 spiro atoms. The van der Waals surface area contributed by atoms with Crippen LogP contribution in [-0.2, 0) is 13.0 Å². The minimum atomic E-state index is 0.822. The lowest BCUT2D eigenvalue weighted by molar-refractivity contribution is 1.06. The van der Waals surface area contributed by atoms with Crippen LogP contribution in [0, 0.1) is 0 Å². The first-order chi connectivity index (χ1) is 9.85. The van der Waals surface area contributed by atoms with E-state index in [1.807, 2.05) is 17.0 Å². The van der Waals surface area contributed by atoms with Gasteiger partial charge in [0.05, 0.1) is 17.9 Å². The Bertz CT molecular complexity index is 656. The number of hydrogen-bond donors (Lipinski definition) is 1. The normalized spacial score (nSPS) is 10.7. The van der Waals surface area contributed by atoms with Gasteiger partial charge in [0.2, 0.25) is 0 Å². The molecule has 20 heavy (non-hydrogen) atoms. The van der Waals surface area contributed by atoms with Crippen molar-refractivity contribution >= 4 is 17.0 Å². The Morgan fingerprint density at radius 1 is 1.25 bits per heavy atom. The van der Waals surface area contributed by atoms with Gasteiger partial charge >= 0.3 is 0 Å². The maximum Gasteiger partial charge on any atom is 0.0991 e. The minimum absolute atomic E-state index is 0.822. The lowest BCUT2D eigenvalue weighted by Crippen LogP contribution is -1.98. The smallest absolute Gasteiger partial charge is 0.0991 e. The molecule has 3 rings (SSSR count). The Balaban J connectivity index is 1.63. The van der Waals surface area contributed by atoms with Gasteiger partial charge in [-0.05, 0) is 30.7 Å². The highest BCUT2D eigenvalue weighted by molar-refractivity contribution is 7.11. The van der Waals surface area contributed by atoms with Crippen LogP contribution in [0.3, 0.4) is 0 Å². The molecule has 0 saturated heterocycles. The molecule has 4 nitrogen and oxygen atoms in total. The van der Waals surface area contributed by atoms with Gasteiger partial charge in [0.1, 0.15) is 0 Å². The maximum absolute atomic E-state index is 4.36. The molecule has 2 aromatic heterocycles. The first-order valence-corrected chi connectivity index (χ1v) is 7.42. The fourth-order valence-electron chi connectivity index (χ4n) is 1.95. The van der Waals surface area contributed by atoms with E-state index >= 15 is 0 Å². The van der Waals surface area contributed by atoms with E-state index in [4.69, 9.17) is 0 Å². The van der Waals surface area contributed by atoms with E-state index in [9.17, 15) is 0 Å². The van der Waals surface area contributed by atoms with Crippen molar-refractivity contribution in [3.63, 3.8) is 0 Å². The van der Waals surface area contributed by atoms with Gasteiger partial charge < -0.3 is 9.88 Å². The number of imidazole rings is 1. The summed E-state index contributed by atoms with van der Waals surface area (Å²) in [5.41, 5.74) is 2.22. The van der Waals surface area contributed by atoms with Crippen LogP contribution in [0.25, 0.3) is 5.69 Å². The highest BCUT2D eigenvalue weighted by Gasteiger charge is 2.01. The largest absolute Gasteiger partial charge is 0.380 e. The zero-order valence-electron chi connectivity index (χ0n) is 11.3. The second-order valence-electron chi connectivity index (χ2n) is 4.44. The lowest BCUT2D eigenvalue weighted by atomic mass is 10.2. The van der Waals surface area contributed by atoms with Gasteiger partial charge in [-0.15, -0.1) is 11.3 Å². The van der Waals surface area contributed by atoms with Crippen LogP contribution in [0.4, 0.5) is 5.69 Å². The number of nitrogens with zero attached hydrogens (tertiary/aromatic N) is 3. The third kappa shape index (κ3) is 2.88. The summed E-state index contributed by atoms with van der Waals surface area (Å²) in [6.45, 7) is 2.95. The number of hydrogen-bond acceptors (Lipinski definition) is 4. The number of aryl methyl sites for hydroxylation is 1. The van der Waals surface area contributed by atoms with E-state index in [1.165, 1.54) is 9.88 Å². The monoisotopic (exact) mass is 284 g/mol. The summed E-state index contributed by atoms with van der Waals surface area (Å²) in [4.78, 5) is 9.68. The second-order valence-corrected chi connectivity index (χ2v) is 5.64. The molecular weight excluding hydrogens is 268 g/mol. The predicted octanol–water partition coefficient (Wildman–Crippen LogP) is 3.50. The molecule has 0 aliphatic heterocycles. The molecule has 0 aliphatic rings. The molecule has 0 saturated carbocycles. The van der Waals surface area contributed by atoms with Crippen molar-refractivity contribution in [1.82, 2.24) is 14.5 Å². The van der Waals surface area contributed by atoms with Crippen molar-refractivity contribution in [2.24, 2.45) is 0 Å². The fraction of sp³-hybridized carbons (Fsp3) is 0.200. The third-order valence-electron chi connectivity index (χ3n) is 3.04. The SMILES string of the molecule is CCc1ncc(CNc2ccc(-n3ccnc3)cc2)s1. The van der Waals surface area contributed by atoms with E-state index in [0.717, 1.165) is 24.3 Å². The van der Waals surface area contributed by atoms with Gasteiger partial charge in [-0.1, -0.05) is 6.92 Å². The Hall–Kier alpha value is -2.14. The number of aromatic nitrogens is 3. The van der Waals surface area contributed by atoms with E-state index in [0.29, 0.717) is 0 Å². The van der Waals surface area contributed by atoms with Gasteiger partial charge in [-0.2, -0.15) is 0 Å². The Morgan fingerprint density at radius 2 is 2.10 bits per heavy atom. The zero-order chi connectivity index (χ0) is 13.8. The molecule has 5 heteroatoms. The van der Waals surface area contributed by atoms with Crippen molar-refractivity contribution < 1.29 is 0 Å². The van der Waals surface area contributed by atoms with Crippen molar-refractivity contribution in [1.29, 1.82) is 0 Å². The van der Waals surface area contributed by atoms with Crippen molar-refractivity contribution in [3.05, 3.63) is 59.1 Å². The number of nitrogens with one attached hydrogen (secondary N) is 1. The standard InChI is InChI=1S/C15H16N4S/c1-2-15-18-10-14(20-15)9-17-12-3-5-13(6-4-12)19-8-7-16-11-19/h3-8,10-11,17H,2,9H2,1H3. The van der Waals surface area contributed by atoms with Gasteiger partial charge in [-0.25, -0.2) is 9.97 Å². The first kappa shape index (κ1) is 12.9. The van der Waals surface area contributed by atoms with Crippen LogP contribution in [0.15, 0.2) is 49.2 Å². The first-order valence-electron chi connectivity index (χ1n) is 6.61. The zero-order valence-corrected chi connectivity index (χ0v) is 12.1. The van der Waals surface area contributed by atoms with Gasteiger partial charge in [0.15, 0.2) is 0 Å². The Labute approximate surface area is 122 Å². The summed E-state index contributed by atoms with van der Waals surface area (Å²) >= 11 is 1.77. The summed E-state index contributed by atoms with van der Waals surface area (Å²) < 4.78 is 1.99. The summed E-state index contributed by atoms with van der Waals surface area (Å²) in [6.07, 6.45) is 8.47. The van der Waals surface area contributed by atoms with E-state index in [-0.39, 0.29) is 0 Å². The highest BCUT2D eigenvalue weighted by Crippen LogP contribution is 2.17. The summed E-state index contributed by atoms with van der Waals surface area (Å²) in [6, 6.07) is 8.32.